The lowest BCUT2D eigenvalue weighted by Crippen LogP contribution is -2.27. The van der Waals surface area contributed by atoms with Crippen molar-refractivity contribution in [1.82, 2.24) is 4.98 Å². The third kappa shape index (κ3) is 4.00. The van der Waals surface area contributed by atoms with E-state index in [9.17, 15) is 14.9 Å². The van der Waals surface area contributed by atoms with Crippen LogP contribution in [0.4, 0.5) is 0 Å². The molecule has 8 heteroatoms. The standard InChI is InChI=1S/C18H19N3O5/c1-3-24-14(22)9-13-16(18(23)25-4-2)15(11-5-7-21-8-6-11)12(10-19)17(20)26-13/h5-8,15H,3-4,9,20H2,1-2H3/t15-/m0/s1. The van der Waals surface area contributed by atoms with Crippen molar-refractivity contribution in [2.24, 2.45) is 5.73 Å². The molecule has 8 nitrogen and oxygen atoms in total. The van der Waals surface area contributed by atoms with E-state index in [0.717, 1.165) is 0 Å². The molecular formula is C18H19N3O5. The maximum Gasteiger partial charge on any atom is 0.338 e. The summed E-state index contributed by atoms with van der Waals surface area (Å²) in [6, 6.07) is 5.29. The van der Waals surface area contributed by atoms with Crippen LogP contribution < -0.4 is 5.73 Å². The first-order chi connectivity index (χ1) is 12.5. The number of esters is 2. The number of hydrogen-bond acceptors (Lipinski definition) is 8. The number of ether oxygens (including phenoxy) is 3. The Balaban J connectivity index is 2.60. The molecule has 0 unspecified atom stereocenters. The number of nitrogens with two attached hydrogens (primary N) is 1. The maximum atomic E-state index is 12.6. The second-order valence-electron chi connectivity index (χ2n) is 5.24. The van der Waals surface area contributed by atoms with Gasteiger partial charge in [0, 0.05) is 12.4 Å². The molecule has 136 valence electrons. The smallest absolute Gasteiger partial charge is 0.338 e. The summed E-state index contributed by atoms with van der Waals surface area (Å²) in [5.74, 6) is -2.23. The van der Waals surface area contributed by atoms with Crippen molar-refractivity contribution < 1.29 is 23.8 Å². The SMILES string of the molecule is CCOC(=O)CC1=C(C(=O)OCC)[C@@H](c2ccncc2)C(C#N)=C(N)O1. The molecule has 1 aromatic heterocycles. The van der Waals surface area contributed by atoms with E-state index in [2.05, 4.69) is 4.98 Å². The lowest BCUT2D eigenvalue weighted by atomic mass is 9.83. The first-order valence-corrected chi connectivity index (χ1v) is 8.06. The fraction of sp³-hybridized carbons (Fsp3) is 0.333. The number of hydrogen-bond donors (Lipinski definition) is 1. The van der Waals surface area contributed by atoms with Gasteiger partial charge in [0.15, 0.2) is 0 Å². The van der Waals surface area contributed by atoms with Crippen LogP contribution in [0.15, 0.2) is 47.3 Å². The third-order valence-corrected chi connectivity index (χ3v) is 3.64. The van der Waals surface area contributed by atoms with E-state index < -0.39 is 17.9 Å². The van der Waals surface area contributed by atoms with E-state index in [0.29, 0.717) is 5.56 Å². The largest absolute Gasteiger partial charge is 0.466 e. The lowest BCUT2D eigenvalue weighted by Gasteiger charge is -2.27. The minimum absolute atomic E-state index is 0.0141. The van der Waals surface area contributed by atoms with Crippen molar-refractivity contribution in [2.45, 2.75) is 26.2 Å². The van der Waals surface area contributed by atoms with Crippen LogP contribution in [0, 0.1) is 11.3 Å². The highest BCUT2D eigenvalue weighted by Crippen LogP contribution is 2.40. The highest BCUT2D eigenvalue weighted by molar-refractivity contribution is 5.93. The monoisotopic (exact) mass is 357 g/mol. The molecule has 2 heterocycles. The molecule has 0 radical (unpaired) electrons. The van der Waals surface area contributed by atoms with E-state index in [4.69, 9.17) is 19.9 Å². The number of rotatable bonds is 6. The van der Waals surface area contributed by atoms with Gasteiger partial charge in [0.05, 0.1) is 24.7 Å². The van der Waals surface area contributed by atoms with Crippen LogP contribution in [0.3, 0.4) is 0 Å². The number of carbonyl (C=O) groups excluding carboxylic acids is 2. The van der Waals surface area contributed by atoms with E-state index in [1.54, 1.807) is 26.0 Å². The van der Waals surface area contributed by atoms with Crippen molar-refractivity contribution in [1.29, 1.82) is 5.26 Å². The molecule has 1 atom stereocenters. The summed E-state index contributed by atoms with van der Waals surface area (Å²) in [5, 5.41) is 9.53. The summed E-state index contributed by atoms with van der Waals surface area (Å²) >= 11 is 0. The van der Waals surface area contributed by atoms with Gasteiger partial charge in [-0.25, -0.2) is 4.79 Å². The molecule has 0 saturated heterocycles. The normalized spacial score (nSPS) is 16.6. The Morgan fingerprint density at radius 3 is 2.50 bits per heavy atom. The number of nitriles is 1. The van der Waals surface area contributed by atoms with Crippen molar-refractivity contribution >= 4 is 11.9 Å². The minimum Gasteiger partial charge on any atom is -0.466 e. The van der Waals surface area contributed by atoms with E-state index >= 15 is 0 Å². The predicted octanol–water partition coefficient (Wildman–Crippen LogP) is 1.66. The van der Waals surface area contributed by atoms with Crippen LogP contribution in [0.1, 0.15) is 31.7 Å². The van der Waals surface area contributed by atoms with E-state index in [1.807, 2.05) is 6.07 Å². The zero-order chi connectivity index (χ0) is 19.1. The molecule has 26 heavy (non-hydrogen) atoms. The fourth-order valence-electron chi connectivity index (χ4n) is 2.61. The summed E-state index contributed by atoms with van der Waals surface area (Å²) in [6.07, 6.45) is 2.76. The summed E-state index contributed by atoms with van der Waals surface area (Å²) in [6.45, 7) is 3.63. The molecule has 0 saturated carbocycles. The molecule has 0 aliphatic carbocycles. The molecule has 0 spiro atoms. The van der Waals surface area contributed by atoms with Gasteiger partial charge in [0.2, 0.25) is 5.88 Å². The number of aromatic nitrogens is 1. The van der Waals surface area contributed by atoms with Crippen LogP contribution in [0.25, 0.3) is 0 Å². The minimum atomic E-state index is -0.819. The van der Waals surface area contributed by atoms with Crippen molar-refractivity contribution in [3.05, 3.63) is 52.9 Å². The summed E-state index contributed by atoms with van der Waals surface area (Å²) in [7, 11) is 0. The third-order valence-electron chi connectivity index (χ3n) is 3.64. The average Bonchev–Trinajstić information content (AvgIpc) is 2.62. The molecule has 0 amide bonds. The fourth-order valence-corrected chi connectivity index (χ4v) is 2.61. The number of carbonyl (C=O) groups is 2. The van der Waals surface area contributed by atoms with Gasteiger partial charge in [-0.1, -0.05) is 0 Å². The Hall–Kier alpha value is -3.34. The molecule has 1 aliphatic rings. The molecule has 1 aliphatic heterocycles. The Morgan fingerprint density at radius 1 is 1.27 bits per heavy atom. The zero-order valence-corrected chi connectivity index (χ0v) is 14.5. The molecule has 0 aromatic carbocycles. The van der Waals surface area contributed by atoms with Crippen LogP contribution in [0.5, 0.6) is 0 Å². The van der Waals surface area contributed by atoms with Gasteiger partial charge in [-0.2, -0.15) is 5.26 Å². The van der Waals surface area contributed by atoms with Crippen LogP contribution >= 0.6 is 0 Å². The summed E-state index contributed by atoms with van der Waals surface area (Å²) < 4.78 is 15.5. The van der Waals surface area contributed by atoms with Gasteiger partial charge in [-0.05, 0) is 31.5 Å². The van der Waals surface area contributed by atoms with Gasteiger partial charge in [-0.3, -0.25) is 9.78 Å². The van der Waals surface area contributed by atoms with Crippen molar-refractivity contribution in [2.75, 3.05) is 13.2 Å². The highest BCUT2D eigenvalue weighted by atomic mass is 16.5. The predicted molar refractivity (Wildman–Crippen MR) is 89.8 cm³/mol. The van der Waals surface area contributed by atoms with Crippen LogP contribution in [-0.2, 0) is 23.8 Å². The van der Waals surface area contributed by atoms with Gasteiger partial charge >= 0.3 is 11.9 Å². The molecule has 2 rings (SSSR count). The molecular weight excluding hydrogens is 338 g/mol. The molecule has 1 aromatic rings. The topological polar surface area (TPSA) is 125 Å². The van der Waals surface area contributed by atoms with Crippen molar-refractivity contribution in [3.8, 4) is 6.07 Å². The highest BCUT2D eigenvalue weighted by Gasteiger charge is 2.38. The first-order valence-electron chi connectivity index (χ1n) is 8.06. The van der Waals surface area contributed by atoms with Gasteiger partial charge < -0.3 is 19.9 Å². The Kier molecular flexibility index (Phi) is 6.33. The number of nitrogens with zero attached hydrogens (tertiary/aromatic N) is 2. The average molecular weight is 357 g/mol. The quantitative estimate of drug-likeness (QED) is 0.762. The Labute approximate surface area is 150 Å². The molecule has 0 bridgehead atoms. The molecule has 2 N–H and O–H groups in total. The number of pyridine rings is 1. The Bertz CT molecular complexity index is 793. The second kappa shape index (κ2) is 8.67. The summed E-state index contributed by atoms with van der Waals surface area (Å²) in [4.78, 5) is 28.5. The van der Waals surface area contributed by atoms with Gasteiger partial charge in [0.1, 0.15) is 23.8 Å². The van der Waals surface area contributed by atoms with Crippen LogP contribution in [0.2, 0.25) is 0 Å². The zero-order valence-electron chi connectivity index (χ0n) is 14.5. The second-order valence-corrected chi connectivity index (χ2v) is 5.24. The van der Waals surface area contributed by atoms with Crippen LogP contribution in [-0.4, -0.2) is 30.1 Å². The first kappa shape index (κ1) is 19.0. The van der Waals surface area contributed by atoms with Gasteiger partial charge in [-0.15, -0.1) is 0 Å². The maximum absolute atomic E-state index is 12.6. The van der Waals surface area contributed by atoms with E-state index in [-0.39, 0.29) is 42.4 Å². The Morgan fingerprint density at radius 2 is 1.92 bits per heavy atom. The number of allylic oxidation sites excluding steroid dienone is 1. The van der Waals surface area contributed by atoms with Crippen molar-refractivity contribution in [3.63, 3.8) is 0 Å². The lowest BCUT2D eigenvalue weighted by molar-refractivity contribution is -0.143. The van der Waals surface area contributed by atoms with Gasteiger partial charge in [0.25, 0.3) is 0 Å². The summed E-state index contributed by atoms with van der Waals surface area (Å²) in [5.41, 5.74) is 6.59. The molecule has 0 fully saturated rings. The van der Waals surface area contributed by atoms with E-state index in [1.165, 1.54) is 12.4 Å².